The van der Waals surface area contributed by atoms with E-state index in [0.29, 0.717) is 17.0 Å². The molecule has 0 spiro atoms. The van der Waals surface area contributed by atoms with E-state index in [9.17, 15) is 23.2 Å². The van der Waals surface area contributed by atoms with Crippen molar-refractivity contribution in [2.75, 3.05) is 0 Å². The van der Waals surface area contributed by atoms with Crippen LogP contribution in [0.5, 0.6) is 0 Å². The first kappa shape index (κ1) is 31.6. The molecule has 1 fully saturated rings. The lowest BCUT2D eigenvalue weighted by atomic mass is 9.96. The fourth-order valence-electron chi connectivity index (χ4n) is 4.71. The highest BCUT2D eigenvalue weighted by Crippen LogP contribution is 2.24. The summed E-state index contributed by atoms with van der Waals surface area (Å²) in [6, 6.07) is 1.10. The third-order valence-corrected chi connectivity index (χ3v) is 7.70. The highest BCUT2D eigenvalue weighted by Gasteiger charge is 2.25. The minimum Gasteiger partial charge on any atom is -0.386 e. The molecule has 0 aromatic carbocycles. The summed E-state index contributed by atoms with van der Waals surface area (Å²) in [7, 11) is 0. The Morgan fingerprint density at radius 2 is 1.91 bits per heavy atom. The number of halogens is 2. The van der Waals surface area contributed by atoms with Crippen LogP contribution in [0.3, 0.4) is 0 Å². The molecule has 3 aromatic heterocycles. The Bertz CT molecular complexity index is 1530. The summed E-state index contributed by atoms with van der Waals surface area (Å²) in [6.07, 6.45) is 9.81. The van der Waals surface area contributed by atoms with Gasteiger partial charge in [-0.05, 0) is 37.3 Å². The van der Waals surface area contributed by atoms with Crippen molar-refractivity contribution in [3.63, 3.8) is 0 Å². The van der Waals surface area contributed by atoms with E-state index in [1.807, 2.05) is 13.8 Å². The summed E-state index contributed by atoms with van der Waals surface area (Å²) in [5, 5.41) is 23.0. The lowest BCUT2D eigenvalue weighted by Crippen LogP contribution is -2.43. The zero-order valence-electron chi connectivity index (χ0n) is 24.1. The van der Waals surface area contributed by atoms with Gasteiger partial charge < -0.3 is 16.0 Å². The average molecular weight is 613 g/mol. The number of thiazole rings is 1. The normalized spacial score (nSPS) is 14.8. The number of allylic oxidation sites excluding steroid dienone is 1. The average Bonchev–Trinajstić information content (AvgIpc) is 3.66. The maximum Gasteiger partial charge on any atom is 0.275 e. The van der Waals surface area contributed by atoms with Gasteiger partial charge in [0.25, 0.3) is 11.8 Å². The van der Waals surface area contributed by atoms with Crippen LogP contribution in [-0.2, 0) is 4.79 Å². The molecule has 2 amide bonds. The van der Waals surface area contributed by atoms with E-state index in [1.165, 1.54) is 30.9 Å². The first-order valence-electron chi connectivity index (χ1n) is 14.0. The fourth-order valence-corrected chi connectivity index (χ4v) is 5.49. The molecule has 3 heterocycles. The van der Waals surface area contributed by atoms with Gasteiger partial charge in [-0.2, -0.15) is 9.49 Å². The van der Waals surface area contributed by atoms with Crippen LogP contribution in [0.1, 0.15) is 80.3 Å². The van der Waals surface area contributed by atoms with Crippen molar-refractivity contribution in [1.82, 2.24) is 35.7 Å². The molecular formula is C29H34F2N8O3S. The molecular weight excluding hydrogens is 578 g/mol. The molecule has 0 radical (unpaired) electrons. The molecule has 0 saturated heterocycles. The summed E-state index contributed by atoms with van der Waals surface area (Å²) >= 11 is 1.14. The number of amides is 2. The Balaban J connectivity index is 1.52. The third kappa shape index (κ3) is 8.37. The summed E-state index contributed by atoms with van der Waals surface area (Å²) < 4.78 is 29.4. The number of carbonyl (C=O) groups is 3. The van der Waals surface area contributed by atoms with Crippen LogP contribution in [0.25, 0.3) is 10.6 Å². The van der Waals surface area contributed by atoms with Crippen LogP contribution in [0.2, 0.25) is 0 Å². The highest BCUT2D eigenvalue weighted by molar-refractivity contribution is 7.13. The number of rotatable bonds is 11. The zero-order chi connectivity index (χ0) is 31.1. The Morgan fingerprint density at radius 3 is 2.60 bits per heavy atom. The number of pyridine rings is 1. The van der Waals surface area contributed by atoms with Gasteiger partial charge >= 0.3 is 0 Å². The molecule has 4 N–H and O–H groups in total. The fraction of sp³-hybridized carbons (Fsp3) is 0.414. The molecule has 0 unspecified atom stereocenters. The molecule has 0 aliphatic heterocycles. The van der Waals surface area contributed by atoms with E-state index in [-0.39, 0.29) is 29.3 Å². The number of hydrogen-bond acceptors (Lipinski definition) is 9. The Kier molecular flexibility index (Phi) is 10.5. The van der Waals surface area contributed by atoms with Crippen LogP contribution in [0, 0.1) is 23.1 Å². The second-order valence-corrected chi connectivity index (χ2v) is 11.6. The van der Waals surface area contributed by atoms with Gasteiger partial charge in [-0.3, -0.25) is 19.8 Å². The molecule has 1 atom stereocenters. The molecule has 228 valence electrons. The summed E-state index contributed by atoms with van der Waals surface area (Å²) in [5.41, 5.74) is -0.632. The van der Waals surface area contributed by atoms with Crippen molar-refractivity contribution in [2.45, 2.75) is 71.4 Å². The van der Waals surface area contributed by atoms with Crippen LogP contribution in [-0.4, -0.2) is 55.3 Å². The van der Waals surface area contributed by atoms with Crippen molar-refractivity contribution in [1.29, 1.82) is 5.41 Å². The Labute approximate surface area is 251 Å². The minimum atomic E-state index is -0.956. The molecule has 14 heteroatoms. The number of carbonyl (C=O) groups excluding carboxylic acids is 3. The largest absolute Gasteiger partial charge is 0.386 e. The monoisotopic (exact) mass is 612 g/mol. The summed E-state index contributed by atoms with van der Waals surface area (Å²) in [5.74, 6) is -3.10. The van der Waals surface area contributed by atoms with E-state index in [2.05, 4.69) is 31.0 Å². The Hall–Kier alpha value is -4.33. The predicted molar refractivity (Wildman–Crippen MR) is 158 cm³/mol. The second kappa shape index (κ2) is 14.2. The summed E-state index contributed by atoms with van der Waals surface area (Å²) in [6.45, 7) is 5.23. The van der Waals surface area contributed by atoms with Gasteiger partial charge in [0.1, 0.15) is 28.1 Å². The molecule has 4 rings (SSSR count). The van der Waals surface area contributed by atoms with E-state index in [1.54, 1.807) is 0 Å². The van der Waals surface area contributed by atoms with E-state index < -0.39 is 41.0 Å². The van der Waals surface area contributed by atoms with Gasteiger partial charge in [-0.25, -0.2) is 19.0 Å². The maximum absolute atomic E-state index is 14.5. The highest BCUT2D eigenvalue weighted by atomic mass is 32.1. The Morgan fingerprint density at radius 1 is 1.16 bits per heavy atom. The van der Waals surface area contributed by atoms with Crippen molar-refractivity contribution in [3.8, 4) is 10.6 Å². The van der Waals surface area contributed by atoms with Gasteiger partial charge in [0.2, 0.25) is 11.9 Å². The van der Waals surface area contributed by atoms with Crippen LogP contribution in [0.15, 0.2) is 41.8 Å². The molecule has 1 aliphatic carbocycles. The van der Waals surface area contributed by atoms with Crippen molar-refractivity contribution >= 4 is 34.8 Å². The van der Waals surface area contributed by atoms with Gasteiger partial charge in [-0.1, -0.05) is 33.1 Å². The molecule has 43 heavy (non-hydrogen) atoms. The predicted octanol–water partition coefficient (Wildman–Crippen LogP) is 4.43. The van der Waals surface area contributed by atoms with E-state index in [4.69, 9.17) is 5.41 Å². The van der Waals surface area contributed by atoms with Gasteiger partial charge in [0.05, 0.1) is 11.9 Å². The first-order chi connectivity index (χ1) is 20.5. The molecule has 0 bridgehead atoms. The molecule has 3 aromatic rings. The van der Waals surface area contributed by atoms with Crippen LogP contribution >= 0.6 is 11.3 Å². The first-order valence-corrected chi connectivity index (χ1v) is 14.9. The topological polar surface area (TPSA) is 155 Å². The number of hydrogen-bond donors (Lipinski definition) is 4. The molecule has 11 nitrogen and oxygen atoms in total. The van der Waals surface area contributed by atoms with Crippen molar-refractivity contribution in [2.24, 2.45) is 5.92 Å². The standard InChI is InChI=1S/C29H34F2N8O3S/c1-16(2)11-21(35-17(3)40)29(42)39-14-18(12-34-39)28-37-23(15-43-28)27(41)36-22(13-33-19-7-5-4-6-8-19)25(32)26-20(30)9-10-24(31)38-26/h9-10,12-16,19,21,32-33H,4-8,11H2,1-3H3,(H,35,40)(H,36,41)/b22-13+,32-25?/t21-/m0/s1. The van der Waals surface area contributed by atoms with Gasteiger partial charge in [0, 0.05) is 36.3 Å². The third-order valence-electron chi connectivity index (χ3n) is 6.81. The second-order valence-electron chi connectivity index (χ2n) is 10.8. The minimum absolute atomic E-state index is 0.0130. The lowest BCUT2D eigenvalue weighted by Gasteiger charge is -2.22. The SMILES string of the molecule is CC(=O)N[C@@H](CC(C)C)C(=O)n1cc(-c2nc(C(=O)N/C(=C/NC3CCCCC3)C(=N)c3nc(F)ccc3F)cs2)cn1. The maximum atomic E-state index is 14.5. The smallest absolute Gasteiger partial charge is 0.275 e. The molecule has 1 saturated carbocycles. The van der Waals surface area contributed by atoms with Gasteiger partial charge in [-0.15, -0.1) is 11.3 Å². The zero-order valence-corrected chi connectivity index (χ0v) is 24.9. The van der Waals surface area contributed by atoms with E-state index in [0.717, 1.165) is 60.3 Å². The van der Waals surface area contributed by atoms with Gasteiger partial charge in [0.15, 0.2) is 5.82 Å². The molecule has 1 aliphatic rings. The van der Waals surface area contributed by atoms with Crippen molar-refractivity contribution < 1.29 is 23.2 Å². The number of nitrogens with one attached hydrogen (secondary N) is 4. The van der Waals surface area contributed by atoms with Crippen LogP contribution in [0.4, 0.5) is 8.78 Å². The summed E-state index contributed by atoms with van der Waals surface area (Å²) in [4.78, 5) is 45.7. The lowest BCUT2D eigenvalue weighted by molar-refractivity contribution is -0.119. The van der Waals surface area contributed by atoms with Crippen LogP contribution < -0.4 is 16.0 Å². The number of aromatic nitrogens is 4. The van der Waals surface area contributed by atoms with E-state index >= 15 is 0 Å². The number of nitrogens with zero attached hydrogens (tertiary/aromatic N) is 4. The quantitative estimate of drug-likeness (QED) is 0.184. The van der Waals surface area contributed by atoms with Crippen molar-refractivity contribution in [3.05, 3.63) is 65.0 Å².